The maximum Gasteiger partial charge on any atom is 0.229 e. The van der Waals surface area contributed by atoms with E-state index in [0.717, 1.165) is 32.4 Å². The summed E-state index contributed by atoms with van der Waals surface area (Å²) in [7, 11) is 0. The molecule has 2 aliphatic rings. The first kappa shape index (κ1) is 14.0. The maximum atomic E-state index is 11.9. The normalized spacial score (nSPS) is 22.2. The van der Waals surface area contributed by atoms with E-state index in [1.165, 1.54) is 0 Å². The molecule has 0 N–H and O–H groups in total. The highest BCUT2D eigenvalue weighted by molar-refractivity contribution is 5.73. The summed E-state index contributed by atoms with van der Waals surface area (Å²) in [6.07, 6.45) is 3.11. The molecule has 1 aromatic heterocycles. The topological polar surface area (TPSA) is 86.3 Å². The van der Waals surface area contributed by atoms with Crippen LogP contribution >= 0.6 is 0 Å². The van der Waals surface area contributed by atoms with Crippen LogP contribution in [0, 0.1) is 11.3 Å². The van der Waals surface area contributed by atoms with Crippen LogP contribution in [-0.4, -0.2) is 51.5 Å². The first-order valence-electron chi connectivity index (χ1n) is 7.36. The fourth-order valence-electron chi connectivity index (χ4n) is 2.79. The van der Waals surface area contributed by atoms with E-state index in [4.69, 9.17) is 9.78 Å². The number of likely N-dealkylation sites (tertiary alicyclic amines) is 1. The third kappa shape index (κ3) is 3.22. The van der Waals surface area contributed by atoms with Gasteiger partial charge in [0.15, 0.2) is 5.82 Å². The molecule has 2 fully saturated rings. The Balaban J connectivity index is 1.64. The lowest BCUT2D eigenvalue weighted by molar-refractivity contribution is -0.131. The van der Waals surface area contributed by atoms with Crippen molar-refractivity contribution in [1.29, 1.82) is 5.26 Å². The summed E-state index contributed by atoms with van der Waals surface area (Å²) in [4.78, 5) is 20.1. The highest BCUT2D eigenvalue weighted by Gasteiger charge is 2.32. The quantitative estimate of drug-likeness (QED) is 0.748. The van der Waals surface area contributed by atoms with Gasteiger partial charge in [-0.2, -0.15) is 10.2 Å². The lowest BCUT2D eigenvalue weighted by Crippen LogP contribution is -2.40. The molecule has 0 aromatic carbocycles. The van der Waals surface area contributed by atoms with E-state index in [9.17, 15) is 4.79 Å². The average molecular weight is 289 g/mol. The second-order valence-corrected chi connectivity index (χ2v) is 5.81. The Bertz CT molecular complexity index is 560. The second-order valence-electron chi connectivity index (χ2n) is 5.81. The van der Waals surface area contributed by atoms with E-state index < -0.39 is 0 Å². The van der Waals surface area contributed by atoms with Crippen LogP contribution in [0.5, 0.6) is 0 Å². The SMILES string of the molecule is CC(=O)N(Cc1noc(C2CC2)n1)C1CCN(CC#N)C1. The Labute approximate surface area is 123 Å². The lowest BCUT2D eigenvalue weighted by atomic mass is 10.2. The Morgan fingerprint density at radius 3 is 3.00 bits per heavy atom. The summed E-state index contributed by atoms with van der Waals surface area (Å²) >= 11 is 0. The Hall–Kier alpha value is -1.94. The van der Waals surface area contributed by atoms with Crippen molar-refractivity contribution in [1.82, 2.24) is 19.9 Å². The van der Waals surface area contributed by atoms with Gasteiger partial charge >= 0.3 is 0 Å². The minimum absolute atomic E-state index is 0.0107. The lowest BCUT2D eigenvalue weighted by Gasteiger charge is -2.26. The Morgan fingerprint density at radius 1 is 1.52 bits per heavy atom. The number of hydrogen-bond donors (Lipinski definition) is 0. The fraction of sp³-hybridized carbons (Fsp3) is 0.714. The molecule has 7 heteroatoms. The zero-order valence-corrected chi connectivity index (χ0v) is 12.2. The van der Waals surface area contributed by atoms with Crippen molar-refractivity contribution in [2.24, 2.45) is 0 Å². The van der Waals surface area contributed by atoms with Crippen LogP contribution in [-0.2, 0) is 11.3 Å². The van der Waals surface area contributed by atoms with Gasteiger partial charge < -0.3 is 9.42 Å². The van der Waals surface area contributed by atoms with Crippen LogP contribution < -0.4 is 0 Å². The van der Waals surface area contributed by atoms with Crippen molar-refractivity contribution in [3.05, 3.63) is 11.7 Å². The molecule has 0 spiro atoms. The molecule has 0 radical (unpaired) electrons. The van der Waals surface area contributed by atoms with Gasteiger partial charge in [-0.1, -0.05) is 5.16 Å². The molecule has 1 saturated carbocycles. The van der Waals surface area contributed by atoms with Crippen LogP contribution in [0.3, 0.4) is 0 Å². The van der Waals surface area contributed by atoms with Gasteiger partial charge in [-0.3, -0.25) is 9.69 Å². The molecule has 1 aromatic rings. The van der Waals surface area contributed by atoms with Gasteiger partial charge in [0.25, 0.3) is 0 Å². The Morgan fingerprint density at radius 2 is 2.33 bits per heavy atom. The molecule has 7 nitrogen and oxygen atoms in total. The molecule has 112 valence electrons. The monoisotopic (exact) mass is 289 g/mol. The standard InChI is InChI=1S/C14H19N5O2/c1-10(20)19(12-4-6-18(8-12)7-5-15)9-13-16-14(21-17-13)11-2-3-11/h11-12H,2-4,6-9H2,1H3. The molecular formula is C14H19N5O2. The van der Waals surface area contributed by atoms with E-state index in [1.807, 2.05) is 0 Å². The van der Waals surface area contributed by atoms with Crippen LogP contribution in [0.1, 0.15) is 43.8 Å². The van der Waals surface area contributed by atoms with Crippen molar-refractivity contribution in [3.63, 3.8) is 0 Å². The Kier molecular flexibility index (Phi) is 3.88. The number of aromatic nitrogens is 2. The van der Waals surface area contributed by atoms with Crippen LogP contribution in [0.25, 0.3) is 0 Å². The molecular weight excluding hydrogens is 270 g/mol. The van der Waals surface area contributed by atoms with Crippen molar-refractivity contribution in [3.8, 4) is 6.07 Å². The van der Waals surface area contributed by atoms with Crippen molar-refractivity contribution in [2.75, 3.05) is 19.6 Å². The van der Waals surface area contributed by atoms with E-state index >= 15 is 0 Å². The van der Waals surface area contributed by atoms with E-state index in [2.05, 4.69) is 21.1 Å². The molecule has 1 saturated heterocycles. The number of nitriles is 1. The van der Waals surface area contributed by atoms with Gasteiger partial charge in [-0.15, -0.1) is 0 Å². The number of amides is 1. The summed E-state index contributed by atoms with van der Waals surface area (Å²) in [5, 5.41) is 12.7. The third-order valence-electron chi connectivity index (χ3n) is 4.11. The number of nitrogens with zero attached hydrogens (tertiary/aromatic N) is 5. The molecule has 0 bridgehead atoms. The molecule has 2 heterocycles. The summed E-state index contributed by atoms with van der Waals surface area (Å²) in [5.74, 6) is 1.71. The second kappa shape index (κ2) is 5.82. The molecule has 1 aliphatic heterocycles. The maximum absolute atomic E-state index is 11.9. The zero-order chi connectivity index (χ0) is 14.8. The predicted octanol–water partition coefficient (Wildman–Crippen LogP) is 0.893. The van der Waals surface area contributed by atoms with Gasteiger partial charge in [0.1, 0.15) is 0 Å². The number of carbonyl (C=O) groups excluding carboxylic acids is 1. The number of rotatable bonds is 5. The molecule has 21 heavy (non-hydrogen) atoms. The van der Waals surface area contributed by atoms with Gasteiger partial charge in [-0.05, 0) is 19.3 Å². The average Bonchev–Trinajstić information content (AvgIpc) is 3.02. The zero-order valence-electron chi connectivity index (χ0n) is 12.2. The van der Waals surface area contributed by atoms with Crippen LogP contribution in [0.15, 0.2) is 4.52 Å². The minimum atomic E-state index is 0.0107. The molecule has 1 atom stereocenters. The molecule has 3 rings (SSSR count). The van der Waals surface area contributed by atoms with Gasteiger partial charge in [0.2, 0.25) is 11.8 Å². The van der Waals surface area contributed by atoms with Crippen molar-refractivity contribution >= 4 is 5.91 Å². The smallest absolute Gasteiger partial charge is 0.229 e. The summed E-state index contributed by atoms with van der Waals surface area (Å²) in [6, 6.07) is 2.28. The predicted molar refractivity (Wildman–Crippen MR) is 73.0 cm³/mol. The van der Waals surface area contributed by atoms with Crippen molar-refractivity contribution in [2.45, 2.75) is 44.7 Å². The van der Waals surface area contributed by atoms with Gasteiger partial charge in [0.05, 0.1) is 19.2 Å². The summed E-state index contributed by atoms with van der Waals surface area (Å²) < 4.78 is 5.24. The highest BCUT2D eigenvalue weighted by Crippen LogP contribution is 2.38. The third-order valence-corrected chi connectivity index (χ3v) is 4.11. The van der Waals surface area contributed by atoms with E-state index in [0.29, 0.717) is 30.7 Å². The first-order chi connectivity index (χ1) is 10.2. The van der Waals surface area contributed by atoms with Gasteiger partial charge in [-0.25, -0.2) is 0 Å². The minimum Gasteiger partial charge on any atom is -0.339 e. The molecule has 1 amide bonds. The van der Waals surface area contributed by atoms with E-state index in [-0.39, 0.29) is 11.9 Å². The fourth-order valence-corrected chi connectivity index (χ4v) is 2.79. The summed E-state index contributed by atoms with van der Waals surface area (Å²) in [6.45, 7) is 3.95. The van der Waals surface area contributed by atoms with E-state index in [1.54, 1.807) is 11.8 Å². The first-order valence-corrected chi connectivity index (χ1v) is 7.36. The molecule has 1 aliphatic carbocycles. The highest BCUT2D eigenvalue weighted by atomic mass is 16.5. The summed E-state index contributed by atoms with van der Waals surface area (Å²) in [5.41, 5.74) is 0. The largest absolute Gasteiger partial charge is 0.339 e. The number of carbonyl (C=O) groups is 1. The van der Waals surface area contributed by atoms with Crippen molar-refractivity contribution < 1.29 is 9.32 Å². The van der Waals surface area contributed by atoms with Gasteiger partial charge in [0, 0.05) is 32.0 Å². The molecule has 1 unspecified atom stereocenters. The number of hydrogen-bond acceptors (Lipinski definition) is 6. The van der Waals surface area contributed by atoms with Crippen LogP contribution in [0.4, 0.5) is 0 Å². The van der Waals surface area contributed by atoms with Crippen LogP contribution in [0.2, 0.25) is 0 Å².